The minimum absolute atomic E-state index is 0.0630. The number of carbonyl (C=O) groups excluding carboxylic acids is 3. The van der Waals surface area contributed by atoms with E-state index in [2.05, 4.69) is 10.6 Å². The number of nitrogens with zero attached hydrogens (tertiary/aromatic N) is 3. The van der Waals surface area contributed by atoms with Crippen LogP contribution in [-0.2, 0) is 4.79 Å². The first-order valence-electron chi connectivity index (χ1n) is 11.7. The van der Waals surface area contributed by atoms with Crippen LogP contribution >= 0.6 is 0 Å². The largest absolute Gasteiger partial charge is 0.350 e. The molecule has 1 saturated carbocycles. The van der Waals surface area contributed by atoms with Crippen LogP contribution in [0.15, 0.2) is 48.5 Å². The summed E-state index contributed by atoms with van der Waals surface area (Å²) in [6.45, 7) is 0.132. The lowest BCUT2D eigenvalue weighted by atomic mass is 9.92. The van der Waals surface area contributed by atoms with Gasteiger partial charge in [-0.1, -0.05) is 6.07 Å². The molecule has 0 radical (unpaired) electrons. The molecular formula is C24H27FN6O5. The average molecular weight is 499 g/mol. The van der Waals surface area contributed by atoms with Crippen molar-refractivity contribution in [3.63, 3.8) is 0 Å². The number of amides is 4. The Morgan fingerprint density at radius 2 is 1.67 bits per heavy atom. The molecule has 2 fully saturated rings. The topological polar surface area (TPSA) is 151 Å². The molecule has 1 aliphatic carbocycles. The lowest BCUT2D eigenvalue weighted by Gasteiger charge is -2.32. The van der Waals surface area contributed by atoms with Crippen LogP contribution in [0.3, 0.4) is 0 Å². The lowest BCUT2D eigenvalue weighted by molar-refractivity contribution is -0.384. The fourth-order valence-electron chi connectivity index (χ4n) is 4.53. The molecule has 1 unspecified atom stereocenters. The molecule has 11 nitrogen and oxygen atoms in total. The molecule has 12 heteroatoms. The van der Waals surface area contributed by atoms with E-state index in [1.54, 1.807) is 0 Å². The van der Waals surface area contributed by atoms with Gasteiger partial charge in [-0.25, -0.2) is 9.18 Å². The van der Waals surface area contributed by atoms with Crippen molar-refractivity contribution in [3.8, 4) is 0 Å². The number of nitrogens with one attached hydrogen (secondary N) is 2. The maximum Gasteiger partial charge on any atom is 0.323 e. The molecule has 190 valence electrons. The van der Waals surface area contributed by atoms with Gasteiger partial charge in [-0.2, -0.15) is 0 Å². The van der Waals surface area contributed by atoms with Crippen LogP contribution in [0.4, 0.5) is 20.6 Å². The number of carbonyl (C=O) groups is 3. The number of nitro benzene ring substituents is 1. The summed E-state index contributed by atoms with van der Waals surface area (Å²) >= 11 is 0. The van der Waals surface area contributed by atoms with Gasteiger partial charge < -0.3 is 21.3 Å². The number of halogens is 1. The summed E-state index contributed by atoms with van der Waals surface area (Å²) in [6.07, 6.45) is 1.63. The summed E-state index contributed by atoms with van der Waals surface area (Å²) in [5, 5.41) is 16.5. The third kappa shape index (κ3) is 5.60. The first-order chi connectivity index (χ1) is 17.2. The van der Waals surface area contributed by atoms with Gasteiger partial charge in [0.15, 0.2) is 6.17 Å². The number of benzene rings is 2. The zero-order chi connectivity index (χ0) is 25.8. The van der Waals surface area contributed by atoms with Crippen LogP contribution in [0.5, 0.6) is 0 Å². The third-order valence-electron chi connectivity index (χ3n) is 6.45. The minimum Gasteiger partial charge on any atom is -0.350 e. The van der Waals surface area contributed by atoms with Gasteiger partial charge in [0.05, 0.1) is 4.92 Å². The Labute approximate surface area is 206 Å². The summed E-state index contributed by atoms with van der Waals surface area (Å²) in [5.41, 5.74) is 6.14. The van der Waals surface area contributed by atoms with Gasteiger partial charge in [0.25, 0.3) is 17.5 Å². The molecule has 1 aliphatic heterocycles. The molecule has 4 rings (SSSR count). The van der Waals surface area contributed by atoms with Crippen molar-refractivity contribution in [3.05, 3.63) is 70.0 Å². The highest BCUT2D eigenvalue weighted by Gasteiger charge is 2.43. The van der Waals surface area contributed by atoms with Crippen molar-refractivity contribution >= 4 is 29.2 Å². The summed E-state index contributed by atoms with van der Waals surface area (Å²) in [7, 11) is 0. The van der Waals surface area contributed by atoms with Crippen molar-refractivity contribution in [2.75, 3.05) is 18.4 Å². The van der Waals surface area contributed by atoms with Gasteiger partial charge in [0, 0.05) is 48.6 Å². The number of hydrogen-bond donors (Lipinski definition) is 3. The summed E-state index contributed by atoms with van der Waals surface area (Å²) in [4.78, 5) is 52.6. The Morgan fingerprint density at radius 3 is 2.31 bits per heavy atom. The van der Waals surface area contributed by atoms with Crippen molar-refractivity contribution < 1.29 is 23.7 Å². The van der Waals surface area contributed by atoms with Crippen molar-refractivity contribution in [2.24, 2.45) is 5.73 Å². The van der Waals surface area contributed by atoms with Gasteiger partial charge in [0.2, 0.25) is 0 Å². The van der Waals surface area contributed by atoms with Crippen molar-refractivity contribution in [2.45, 2.75) is 43.9 Å². The SMILES string of the molecule is NC1CCC(NC(=O)C2N(C(=O)Nc3cccc(F)c3)CCN2C(=O)c2ccc([N+](=O)[O-])cc2)CC1. The monoisotopic (exact) mass is 498 g/mol. The van der Waals surface area contributed by atoms with Gasteiger partial charge in [-0.15, -0.1) is 0 Å². The average Bonchev–Trinajstić information content (AvgIpc) is 3.31. The molecule has 2 aromatic carbocycles. The van der Waals surface area contributed by atoms with E-state index in [0.717, 1.165) is 18.9 Å². The molecule has 2 aromatic rings. The van der Waals surface area contributed by atoms with Crippen molar-refractivity contribution in [1.29, 1.82) is 0 Å². The van der Waals surface area contributed by atoms with Gasteiger partial charge in [0.1, 0.15) is 5.82 Å². The van der Waals surface area contributed by atoms with E-state index in [4.69, 9.17) is 5.73 Å². The van der Waals surface area contributed by atoms with E-state index in [1.165, 1.54) is 52.3 Å². The highest BCUT2D eigenvalue weighted by atomic mass is 19.1. The van der Waals surface area contributed by atoms with Gasteiger partial charge >= 0.3 is 6.03 Å². The van der Waals surface area contributed by atoms with Crippen LogP contribution in [0.25, 0.3) is 0 Å². The second kappa shape index (κ2) is 10.7. The first kappa shape index (κ1) is 25.0. The summed E-state index contributed by atoms with van der Waals surface area (Å²) in [5.74, 6) is -1.59. The molecule has 36 heavy (non-hydrogen) atoms. The predicted molar refractivity (Wildman–Crippen MR) is 128 cm³/mol. The molecule has 1 saturated heterocycles. The Bertz CT molecular complexity index is 1150. The fraction of sp³-hybridized carbons (Fsp3) is 0.375. The van der Waals surface area contributed by atoms with E-state index in [-0.39, 0.29) is 42.1 Å². The van der Waals surface area contributed by atoms with E-state index >= 15 is 0 Å². The second-order valence-corrected chi connectivity index (χ2v) is 8.93. The number of hydrogen-bond acceptors (Lipinski definition) is 6. The van der Waals surface area contributed by atoms with Gasteiger partial charge in [-0.3, -0.25) is 24.6 Å². The molecule has 0 bridgehead atoms. The lowest BCUT2D eigenvalue weighted by Crippen LogP contribution is -2.56. The number of non-ortho nitro benzene ring substituents is 1. The van der Waals surface area contributed by atoms with E-state index < -0.39 is 34.8 Å². The maximum absolute atomic E-state index is 13.6. The highest BCUT2D eigenvalue weighted by molar-refractivity contribution is 6.00. The standard InChI is InChI=1S/C24H27FN6O5/c25-16-2-1-3-19(14-16)28-24(34)30-13-12-29(23(33)15-4-10-20(11-5-15)31(35)36)22(30)21(32)27-18-8-6-17(26)7-9-18/h1-5,10-11,14,17-18,22H,6-9,12-13,26H2,(H,27,32)(H,28,34). The van der Waals surface area contributed by atoms with E-state index in [9.17, 15) is 28.9 Å². The molecule has 4 amide bonds. The second-order valence-electron chi connectivity index (χ2n) is 8.93. The van der Waals surface area contributed by atoms with E-state index in [0.29, 0.717) is 12.8 Å². The summed E-state index contributed by atoms with van der Waals surface area (Å²) < 4.78 is 13.6. The third-order valence-corrected chi connectivity index (χ3v) is 6.45. The quantitative estimate of drug-likeness (QED) is 0.426. The Balaban J connectivity index is 1.56. The van der Waals surface area contributed by atoms with Crippen LogP contribution < -0.4 is 16.4 Å². The van der Waals surface area contributed by atoms with Crippen molar-refractivity contribution in [1.82, 2.24) is 15.1 Å². The molecule has 1 heterocycles. The number of nitrogens with two attached hydrogens (primary N) is 1. The molecule has 2 aliphatic rings. The number of rotatable bonds is 5. The maximum atomic E-state index is 13.6. The van der Waals surface area contributed by atoms with Crippen LogP contribution in [0, 0.1) is 15.9 Å². The molecule has 4 N–H and O–H groups in total. The molecule has 0 aromatic heterocycles. The Morgan fingerprint density at radius 1 is 1.00 bits per heavy atom. The van der Waals surface area contributed by atoms with E-state index in [1.807, 2.05) is 0 Å². The number of anilines is 1. The zero-order valence-corrected chi connectivity index (χ0v) is 19.4. The summed E-state index contributed by atoms with van der Waals surface area (Å²) in [6, 6.07) is 9.66. The first-order valence-corrected chi connectivity index (χ1v) is 11.7. The van der Waals surface area contributed by atoms with Gasteiger partial charge in [-0.05, 0) is 56.0 Å². The minimum atomic E-state index is -1.25. The molecule has 1 atom stereocenters. The molecule has 0 spiro atoms. The number of urea groups is 1. The Hall–Kier alpha value is -4.06. The highest BCUT2D eigenvalue weighted by Crippen LogP contribution is 2.23. The predicted octanol–water partition coefficient (Wildman–Crippen LogP) is 2.44. The normalized spacial score (nSPS) is 21.7. The van der Waals surface area contributed by atoms with Crippen LogP contribution in [0.1, 0.15) is 36.0 Å². The van der Waals surface area contributed by atoms with Crippen LogP contribution in [0.2, 0.25) is 0 Å². The Kier molecular flexibility index (Phi) is 7.44. The smallest absolute Gasteiger partial charge is 0.323 e. The zero-order valence-electron chi connectivity index (χ0n) is 19.4. The number of nitro groups is 1. The fourth-order valence-corrected chi connectivity index (χ4v) is 4.53. The van der Waals surface area contributed by atoms with Crippen LogP contribution in [-0.4, -0.2) is 63.9 Å². The molecular weight excluding hydrogens is 471 g/mol.